The molecule has 21 heavy (non-hydrogen) atoms. The van der Waals surface area contributed by atoms with Crippen LogP contribution in [-0.4, -0.2) is 48.4 Å². The van der Waals surface area contributed by atoms with Gasteiger partial charge in [-0.05, 0) is 17.7 Å². The molecule has 0 radical (unpaired) electrons. The average Bonchev–Trinajstić information content (AvgIpc) is 2.47. The molecule has 116 valence electrons. The Hall–Kier alpha value is -1.46. The van der Waals surface area contributed by atoms with E-state index in [1.165, 1.54) is 0 Å². The minimum Gasteiger partial charge on any atom is -0.480 e. The van der Waals surface area contributed by atoms with Crippen LogP contribution in [0.2, 0.25) is 0 Å². The summed E-state index contributed by atoms with van der Waals surface area (Å²) in [5.74, 6) is -0.109. The van der Waals surface area contributed by atoms with Gasteiger partial charge in [-0.2, -0.15) is 0 Å². The zero-order valence-electron chi connectivity index (χ0n) is 11.5. The van der Waals surface area contributed by atoms with Gasteiger partial charge in [0.15, 0.2) is 0 Å². The quantitative estimate of drug-likeness (QED) is 0.505. The number of alkyl halides is 2. The Balaban J connectivity index is 2.87. The molecule has 2 N–H and O–H groups in total. The van der Waals surface area contributed by atoms with E-state index in [9.17, 15) is 9.59 Å². The summed E-state index contributed by atoms with van der Waals surface area (Å²) in [7, 11) is 0. The number of hydrogen-bond donors (Lipinski definition) is 2. The number of benzene rings is 1. The van der Waals surface area contributed by atoms with Crippen LogP contribution in [0, 0.1) is 0 Å². The molecule has 7 heteroatoms. The SMILES string of the molecule is O=CN[C@@H](Cc1cccc(N(CCCl)CCCl)c1)C(=O)O. The molecule has 0 unspecified atom stereocenters. The molecule has 1 atom stereocenters. The lowest BCUT2D eigenvalue weighted by Gasteiger charge is -2.23. The van der Waals surface area contributed by atoms with Crippen molar-refractivity contribution < 1.29 is 14.7 Å². The van der Waals surface area contributed by atoms with Crippen LogP contribution in [0.3, 0.4) is 0 Å². The maximum atomic E-state index is 11.1. The van der Waals surface area contributed by atoms with Gasteiger partial charge in [-0.3, -0.25) is 4.79 Å². The minimum atomic E-state index is -1.06. The molecule has 1 aromatic carbocycles. The normalized spacial score (nSPS) is 11.7. The lowest BCUT2D eigenvalue weighted by Crippen LogP contribution is -2.37. The number of nitrogens with zero attached hydrogens (tertiary/aromatic N) is 1. The van der Waals surface area contributed by atoms with Crippen molar-refractivity contribution in [2.45, 2.75) is 12.5 Å². The second-order valence-electron chi connectivity index (χ2n) is 4.41. The molecule has 1 amide bonds. The number of halogens is 2. The molecule has 0 bridgehead atoms. The van der Waals surface area contributed by atoms with Crippen LogP contribution in [0.5, 0.6) is 0 Å². The maximum absolute atomic E-state index is 11.1. The molecule has 0 aliphatic carbocycles. The fraction of sp³-hybridized carbons (Fsp3) is 0.429. The first kappa shape index (κ1) is 17.6. The minimum absolute atomic E-state index is 0.220. The zero-order chi connectivity index (χ0) is 15.7. The number of carboxylic acids is 1. The molecule has 0 aliphatic rings. The van der Waals surface area contributed by atoms with Gasteiger partial charge in [-0.25, -0.2) is 4.79 Å². The first-order valence-corrected chi connectivity index (χ1v) is 7.57. The van der Waals surface area contributed by atoms with Crippen molar-refractivity contribution in [3.8, 4) is 0 Å². The summed E-state index contributed by atoms with van der Waals surface area (Å²) in [4.78, 5) is 23.5. The molecule has 0 spiro atoms. The first-order chi connectivity index (χ1) is 10.1. The summed E-state index contributed by atoms with van der Waals surface area (Å²) in [6.07, 6.45) is 0.618. The summed E-state index contributed by atoms with van der Waals surface area (Å²) in [5, 5.41) is 11.3. The summed E-state index contributed by atoms with van der Waals surface area (Å²) >= 11 is 11.6. The Morgan fingerprint density at radius 3 is 2.52 bits per heavy atom. The number of amides is 1. The second kappa shape index (κ2) is 9.47. The van der Waals surface area contributed by atoms with E-state index in [-0.39, 0.29) is 6.42 Å². The Kier molecular flexibility index (Phi) is 7.93. The van der Waals surface area contributed by atoms with Gasteiger partial charge < -0.3 is 15.3 Å². The molecule has 0 saturated heterocycles. The van der Waals surface area contributed by atoms with E-state index in [1.54, 1.807) is 0 Å². The molecule has 0 saturated carbocycles. The number of carbonyl (C=O) groups is 2. The van der Waals surface area contributed by atoms with E-state index in [4.69, 9.17) is 28.3 Å². The van der Waals surface area contributed by atoms with E-state index >= 15 is 0 Å². The number of aliphatic carboxylic acids is 1. The summed E-state index contributed by atoms with van der Waals surface area (Å²) in [5.41, 5.74) is 1.76. The molecular formula is C14H18Cl2N2O3. The van der Waals surface area contributed by atoms with Gasteiger partial charge in [-0.1, -0.05) is 12.1 Å². The van der Waals surface area contributed by atoms with Crippen molar-refractivity contribution in [1.82, 2.24) is 5.32 Å². The molecule has 0 aromatic heterocycles. The number of carboxylic acid groups (broad SMARTS) is 1. The highest BCUT2D eigenvalue weighted by Gasteiger charge is 2.17. The van der Waals surface area contributed by atoms with Crippen molar-refractivity contribution >= 4 is 41.3 Å². The smallest absolute Gasteiger partial charge is 0.326 e. The Morgan fingerprint density at radius 2 is 2.00 bits per heavy atom. The van der Waals surface area contributed by atoms with Crippen molar-refractivity contribution in [3.63, 3.8) is 0 Å². The molecular weight excluding hydrogens is 315 g/mol. The number of nitrogens with one attached hydrogen (secondary N) is 1. The van der Waals surface area contributed by atoms with Crippen molar-refractivity contribution in [2.75, 3.05) is 29.7 Å². The third-order valence-corrected chi connectivity index (χ3v) is 3.33. The Morgan fingerprint density at radius 1 is 1.33 bits per heavy atom. The van der Waals surface area contributed by atoms with Crippen LogP contribution in [0.15, 0.2) is 24.3 Å². The largest absolute Gasteiger partial charge is 0.480 e. The third kappa shape index (κ3) is 5.81. The van der Waals surface area contributed by atoms with Gasteiger partial charge in [0.2, 0.25) is 6.41 Å². The van der Waals surface area contributed by atoms with Crippen LogP contribution < -0.4 is 10.2 Å². The molecule has 1 rings (SSSR count). The van der Waals surface area contributed by atoms with Gasteiger partial charge in [0.25, 0.3) is 0 Å². The lowest BCUT2D eigenvalue weighted by molar-refractivity contribution is -0.140. The second-order valence-corrected chi connectivity index (χ2v) is 5.17. The predicted molar refractivity (Wildman–Crippen MR) is 84.4 cm³/mol. The Labute approximate surface area is 133 Å². The van der Waals surface area contributed by atoms with Gasteiger partial charge >= 0.3 is 5.97 Å². The van der Waals surface area contributed by atoms with Crippen LogP contribution in [0.1, 0.15) is 5.56 Å². The van der Waals surface area contributed by atoms with Crippen molar-refractivity contribution in [2.24, 2.45) is 0 Å². The highest BCUT2D eigenvalue weighted by atomic mass is 35.5. The van der Waals surface area contributed by atoms with Crippen LogP contribution in [0.4, 0.5) is 5.69 Å². The number of carbonyl (C=O) groups excluding carboxylic acids is 1. The molecule has 5 nitrogen and oxygen atoms in total. The standard InChI is InChI=1S/C14H18Cl2N2O3/c15-4-6-18(7-5-16)12-3-1-2-11(8-12)9-13(14(20)21)17-10-19/h1-3,8,10,13H,4-7,9H2,(H,17,19)(H,20,21)/t13-/m0/s1. The number of hydrogen-bond acceptors (Lipinski definition) is 3. The summed E-state index contributed by atoms with van der Waals surface area (Å²) in [6.45, 7) is 1.32. The molecule has 1 aromatic rings. The van der Waals surface area contributed by atoms with E-state index in [0.717, 1.165) is 11.3 Å². The van der Waals surface area contributed by atoms with E-state index in [0.29, 0.717) is 31.3 Å². The first-order valence-electron chi connectivity index (χ1n) is 6.50. The highest BCUT2D eigenvalue weighted by molar-refractivity contribution is 6.18. The van der Waals surface area contributed by atoms with Crippen molar-refractivity contribution in [1.29, 1.82) is 0 Å². The topological polar surface area (TPSA) is 69.6 Å². The molecule has 0 fully saturated rings. The number of anilines is 1. The van der Waals surface area contributed by atoms with Crippen LogP contribution in [0.25, 0.3) is 0 Å². The zero-order valence-corrected chi connectivity index (χ0v) is 13.0. The van der Waals surface area contributed by atoms with E-state index in [1.807, 2.05) is 29.2 Å². The van der Waals surface area contributed by atoms with Crippen molar-refractivity contribution in [3.05, 3.63) is 29.8 Å². The van der Waals surface area contributed by atoms with E-state index < -0.39 is 12.0 Å². The summed E-state index contributed by atoms with van der Waals surface area (Å²) < 4.78 is 0. The molecule has 0 aliphatic heterocycles. The Bertz CT molecular complexity index is 465. The predicted octanol–water partition coefficient (Wildman–Crippen LogP) is 1.71. The molecule has 0 heterocycles. The van der Waals surface area contributed by atoms with Gasteiger partial charge in [0.1, 0.15) is 6.04 Å². The van der Waals surface area contributed by atoms with Gasteiger partial charge in [0, 0.05) is 37.0 Å². The van der Waals surface area contributed by atoms with Crippen LogP contribution >= 0.6 is 23.2 Å². The monoisotopic (exact) mass is 332 g/mol. The summed E-state index contributed by atoms with van der Waals surface area (Å²) in [6, 6.07) is 6.55. The van der Waals surface area contributed by atoms with E-state index in [2.05, 4.69) is 5.32 Å². The maximum Gasteiger partial charge on any atom is 0.326 e. The van der Waals surface area contributed by atoms with Gasteiger partial charge in [0.05, 0.1) is 0 Å². The third-order valence-electron chi connectivity index (χ3n) is 2.99. The fourth-order valence-corrected chi connectivity index (χ4v) is 2.40. The van der Waals surface area contributed by atoms with Gasteiger partial charge in [-0.15, -0.1) is 23.2 Å². The number of rotatable bonds is 10. The lowest BCUT2D eigenvalue weighted by atomic mass is 10.1. The fourth-order valence-electron chi connectivity index (χ4n) is 1.99. The highest BCUT2D eigenvalue weighted by Crippen LogP contribution is 2.17. The average molecular weight is 333 g/mol. The van der Waals surface area contributed by atoms with Crippen LogP contribution in [-0.2, 0) is 16.0 Å².